The fourth-order valence-corrected chi connectivity index (χ4v) is 3.69. The number of cyclic esters (lactones) is 1. The molecule has 16 heavy (non-hydrogen) atoms. The van der Waals surface area contributed by atoms with E-state index in [2.05, 4.69) is 4.74 Å². The zero-order valence-corrected chi connectivity index (χ0v) is 9.86. The molecule has 0 aromatic heterocycles. The van der Waals surface area contributed by atoms with Crippen LogP contribution in [0.1, 0.15) is 6.42 Å². The first-order valence-electron chi connectivity index (χ1n) is 5.33. The Labute approximate surface area is 94.0 Å². The number of hydrogen-bond acceptors (Lipinski definition) is 6. The van der Waals surface area contributed by atoms with Gasteiger partial charge in [0.2, 0.25) is 0 Å². The van der Waals surface area contributed by atoms with Gasteiger partial charge in [0.15, 0.2) is 0 Å². The molecule has 2 heterocycles. The Bertz CT molecular complexity index is 315. The lowest BCUT2D eigenvalue weighted by molar-refractivity contribution is -0.180. The van der Waals surface area contributed by atoms with E-state index in [-0.39, 0.29) is 19.3 Å². The van der Waals surface area contributed by atoms with E-state index in [0.717, 1.165) is 0 Å². The van der Waals surface area contributed by atoms with Crippen LogP contribution in [0.4, 0.5) is 0 Å². The maximum atomic E-state index is 12.0. The third-order valence-electron chi connectivity index (χ3n) is 2.90. The van der Waals surface area contributed by atoms with Crippen molar-refractivity contribution in [2.24, 2.45) is 0 Å². The Morgan fingerprint density at radius 3 is 2.69 bits per heavy atom. The topological polar surface area (TPSA) is 78.9 Å². The molecule has 0 aliphatic carbocycles. The number of rotatable bonds is 3. The van der Waals surface area contributed by atoms with E-state index in [9.17, 15) is 14.3 Å². The summed E-state index contributed by atoms with van der Waals surface area (Å²) < 4.78 is 21.8. The second kappa shape index (κ2) is 4.84. The molecule has 2 fully saturated rings. The van der Waals surface area contributed by atoms with Crippen LogP contribution >= 0.6 is 7.37 Å². The predicted molar refractivity (Wildman–Crippen MR) is 54.2 cm³/mol. The van der Waals surface area contributed by atoms with Crippen molar-refractivity contribution in [2.75, 3.05) is 39.2 Å². The summed E-state index contributed by atoms with van der Waals surface area (Å²) in [5.41, 5.74) is -0.636. The summed E-state index contributed by atoms with van der Waals surface area (Å²) in [5, 5.41) is 0. The Morgan fingerprint density at radius 2 is 2.12 bits per heavy atom. The number of esters is 1. The zero-order valence-electron chi connectivity index (χ0n) is 8.96. The molecule has 2 aliphatic heterocycles. The average Bonchev–Trinajstić information content (AvgIpc) is 2.66. The minimum atomic E-state index is -3.57. The van der Waals surface area contributed by atoms with Crippen LogP contribution in [-0.4, -0.2) is 55.7 Å². The molecule has 2 aliphatic rings. The second-order valence-electron chi connectivity index (χ2n) is 4.14. The van der Waals surface area contributed by atoms with Crippen molar-refractivity contribution in [2.45, 2.75) is 12.1 Å². The molecule has 0 bridgehead atoms. The van der Waals surface area contributed by atoms with Crippen LogP contribution in [0, 0.1) is 0 Å². The maximum absolute atomic E-state index is 12.0. The lowest BCUT2D eigenvalue weighted by Gasteiger charge is -2.35. The summed E-state index contributed by atoms with van der Waals surface area (Å²) >= 11 is 0. The van der Waals surface area contributed by atoms with Crippen LogP contribution in [0.3, 0.4) is 0 Å². The average molecular weight is 248 g/mol. The highest BCUT2D eigenvalue weighted by Gasteiger charge is 2.33. The highest BCUT2D eigenvalue weighted by atomic mass is 31.2. The van der Waals surface area contributed by atoms with Crippen LogP contribution in [0.25, 0.3) is 0 Å². The summed E-state index contributed by atoms with van der Waals surface area (Å²) in [6, 6.07) is 0. The number of hydrogen-bond donors (Lipinski definition) is 0. The first-order valence-corrected chi connectivity index (χ1v) is 7.21. The van der Waals surface area contributed by atoms with Crippen molar-refractivity contribution in [1.82, 2.24) is 4.90 Å². The quantitative estimate of drug-likeness (QED) is 0.482. The minimum absolute atomic E-state index is 0.00508. The lowest BCUT2D eigenvalue weighted by atomic mass is 10.4. The van der Waals surface area contributed by atoms with Crippen molar-refractivity contribution in [3.8, 4) is 0 Å². The molecule has 0 radical (unpaired) electrons. The van der Waals surface area contributed by atoms with Gasteiger partial charge in [0.05, 0.1) is 19.6 Å². The highest BCUT2D eigenvalue weighted by Crippen LogP contribution is 2.46. The number of nitrogens with zero attached hydrogens (tertiary/aromatic N) is 1. The van der Waals surface area contributed by atoms with Gasteiger partial charge in [-0.15, -0.1) is 0 Å². The van der Waals surface area contributed by atoms with E-state index < -0.39 is 19.0 Å². The number of ether oxygens (including phenoxy) is 2. The Hall–Kier alpha value is -0.420. The van der Waals surface area contributed by atoms with Crippen LogP contribution in [0.2, 0.25) is 0 Å². The fourth-order valence-electron chi connectivity index (χ4n) is 1.89. The summed E-state index contributed by atoms with van der Waals surface area (Å²) in [7, 11) is -3.57. The van der Waals surface area contributed by atoms with E-state index in [4.69, 9.17) is 4.74 Å². The smallest absolute Gasteiger partial charge is 0.306 e. The van der Waals surface area contributed by atoms with Crippen molar-refractivity contribution in [1.29, 1.82) is 0 Å². The van der Waals surface area contributed by atoms with Gasteiger partial charge in [-0.05, 0) is 0 Å². The van der Waals surface area contributed by atoms with Gasteiger partial charge >= 0.3 is 5.97 Å². The first-order chi connectivity index (χ1) is 7.58. The van der Waals surface area contributed by atoms with Gasteiger partial charge in [-0.25, -0.2) is 0 Å². The Balaban J connectivity index is 1.91. The predicted octanol–water partition coefficient (Wildman–Crippen LogP) is -0.770. The zero-order chi connectivity index (χ0) is 11.6. The molecule has 2 unspecified atom stereocenters. The van der Waals surface area contributed by atoms with Crippen molar-refractivity contribution >= 4 is 13.3 Å². The van der Waals surface area contributed by atoms with Crippen LogP contribution in [0.5, 0.6) is 0 Å². The largest absolute Gasteiger partial charge is 0.798 e. The van der Waals surface area contributed by atoms with Crippen LogP contribution < -0.4 is 4.89 Å². The lowest BCUT2D eigenvalue weighted by Crippen LogP contribution is -2.39. The molecule has 2 rings (SSSR count). The van der Waals surface area contributed by atoms with Crippen LogP contribution in [0.15, 0.2) is 0 Å². The molecule has 0 aromatic carbocycles. The van der Waals surface area contributed by atoms with Crippen molar-refractivity contribution in [3.05, 3.63) is 0 Å². The SMILES string of the molecule is O=C1CC(P(=O)([O-])CN2CCOCC2)CO1. The summed E-state index contributed by atoms with van der Waals surface area (Å²) in [6.07, 6.45) is 0.0305. The summed E-state index contributed by atoms with van der Waals surface area (Å²) in [4.78, 5) is 24.7. The van der Waals surface area contributed by atoms with Crippen molar-refractivity contribution in [3.63, 3.8) is 0 Å². The Kier molecular flexibility index (Phi) is 3.64. The van der Waals surface area contributed by atoms with E-state index >= 15 is 0 Å². The molecule has 92 valence electrons. The number of carbonyl (C=O) groups is 1. The number of morpholine rings is 1. The molecule has 0 amide bonds. The van der Waals surface area contributed by atoms with Gasteiger partial charge in [0.1, 0.15) is 6.61 Å². The second-order valence-corrected chi connectivity index (χ2v) is 6.60. The maximum Gasteiger partial charge on any atom is 0.306 e. The molecule has 0 spiro atoms. The molecular weight excluding hydrogens is 233 g/mol. The summed E-state index contributed by atoms with van der Waals surface area (Å²) in [6.45, 7) is 2.42. The fraction of sp³-hybridized carbons (Fsp3) is 0.889. The normalized spacial score (nSPS) is 31.1. The molecular formula is C9H15NO5P-. The molecule has 6 nitrogen and oxygen atoms in total. The molecule has 0 aromatic rings. The van der Waals surface area contributed by atoms with Gasteiger partial charge < -0.3 is 18.9 Å². The number of carbonyl (C=O) groups excluding carboxylic acids is 1. The molecule has 2 saturated heterocycles. The Morgan fingerprint density at radius 1 is 1.44 bits per heavy atom. The van der Waals surface area contributed by atoms with Crippen molar-refractivity contribution < 1.29 is 23.7 Å². The minimum Gasteiger partial charge on any atom is -0.798 e. The highest BCUT2D eigenvalue weighted by molar-refractivity contribution is 7.57. The van der Waals surface area contributed by atoms with Gasteiger partial charge in [0.25, 0.3) is 0 Å². The van der Waals surface area contributed by atoms with Gasteiger partial charge in [0, 0.05) is 32.4 Å². The standard InChI is InChI=1S/C9H16NO5P/c11-9-5-8(6-15-9)16(12,13)7-10-1-3-14-4-2-10/h8H,1-7H2,(H,12,13)/p-1. The van der Waals surface area contributed by atoms with Gasteiger partial charge in [-0.3, -0.25) is 9.69 Å². The third-order valence-corrected chi connectivity index (χ3v) is 5.13. The molecule has 0 N–H and O–H groups in total. The van der Waals surface area contributed by atoms with Gasteiger partial charge in [-0.1, -0.05) is 0 Å². The molecule has 7 heteroatoms. The molecule has 2 atom stereocenters. The first kappa shape index (κ1) is 12.0. The van der Waals surface area contributed by atoms with E-state index in [1.165, 1.54) is 0 Å². The van der Waals surface area contributed by atoms with Crippen LogP contribution in [-0.2, 0) is 18.8 Å². The summed E-state index contributed by atoms with van der Waals surface area (Å²) in [5.74, 6) is -0.414. The van der Waals surface area contributed by atoms with E-state index in [0.29, 0.717) is 26.3 Å². The van der Waals surface area contributed by atoms with E-state index in [1.807, 2.05) is 4.90 Å². The third kappa shape index (κ3) is 2.83. The monoisotopic (exact) mass is 248 g/mol. The van der Waals surface area contributed by atoms with Gasteiger partial charge in [-0.2, -0.15) is 0 Å². The van der Waals surface area contributed by atoms with E-state index in [1.54, 1.807) is 0 Å². The molecule has 0 saturated carbocycles.